The third-order valence-electron chi connectivity index (χ3n) is 4.65. The number of rotatable bonds is 10. The molecule has 0 unspecified atom stereocenters. The van der Waals surface area contributed by atoms with E-state index in [9.17, 15) is 19.6 Å². The van der Waals surface area contributed by atoms with Crippen molar-refractivity contribution in [1.82, 2.24) is 14.8 Å². The number of hydrogen-bond acceptors (Lipinski definition) is 7. The highest BCUT2D eigenvalue weighted by Gasteiger charge is 2.14. The normalized spacial score (nSPS) is 12.3. The number of nitrogens with one attached hydrogen (secondary N) is 3. The summed E-state index contributed by atoms with van der Waals surface area (Å²) < 4.78 is 2.09. The van der Waals surface area contributed by atoms with Gasteiger partial charge in [0.2, 0.25) is 5.91 Å². The van der Waals surface area contributed by atoms with Gasteiger partial charge < -0.3 is 16.0 Å². The van der Waals surface area contributed by atoms with Gasteiger partial charge in [0.25, 0.3) is 11.5 Å². The van der Waals surface area contributed by atoms with E-state index < -0.39 is 5.91 Å². The minimum absolute atomic E-state index is 0.0850. The van der Waals surface area contributed by atoms with E-state index in [1.54, 1.807) is 38.2 Å². The predicted octanol–water partition coefficient (Wildman–Crippen LogP) is 0.870. The van der Waals surface area contributed by atoms with Gasteiger partial charge in [0.1, 0.15) is 15.3 Å². The number of thiazole rings is 1. The fraction of sp³-hybridized carbons (Fsp3) is 0.391. The summed E-state index contributed by atoms with van der Waals surface area (Å²) in [4.78, 5) is 39.2. The first-order chi connectivity index (χ1) is 15.8. The third kappa shape index (κ3) is 7.03. The van der Waals surface area contributed by atoms with Crippen LogP contribution in [0.15, 0.2) is 29.1 Å². The second kappa shape index (κ2) is 12.6. The fourth-order valence-corrected chi connectivity index (χ4v) is 4.27. The molecule has 0 saturated carbocycles. The van der Waals surface area contributed by atoms with Gasteiger partial charge in [-0.15, -0.1) is 11.3 Å². The molecular weight excluding hydrogens is 440 g/mol. The lowest BCUT2D eigenvalue weighted by atomic mass is 10.2. The second-order valence-electron chi connectivity index (χ2n) is 7.32. The van der Waals surface area contributed by atoms with Crippen LogP contribution in [0.3, 0.4) is 0 Å². The Hall–Kier alpha value is -3.42. The Morgan fingerprint density at radius 2 is 1.97 bits per heavy atom. The van der Waals surface area contributed by atoms with Gasteiger partial charge in [-0.2, -0.15) is 5.26 Å². The fourth-order valence-electron chi connectivity index (χ4n) is 3.18. The quantitative estimate of drug-likeness (QED) is 0.474. The standard InChI is InChI=1S/C23H30N6O3S/c1-5-11-28(4)15-20(30)27-17-10-8-9-16(12-17)26-14-19-22(32)29(7-3)23(33-19)18(13-24)21(31)25-6-2/h8-10,12,14,26H,5-7,11,15H2,1-4H3,(H,25,31)(H,27,30)/b19-14+,23-18-. The zero-order chi connectivity index (χ0) is 24.4. The number of benzene rings is 1. The van der Waals surface area contributed by atoms with Crippen LogP contribution in [-0.2, 0) is 16.1 Å². The van der Waals surface area contributed by atoms with Crippen molar-refractivity contribution in [2.45, 2.75) is 33.7 Å². The Labute approximate surface area is 197 Å². The molecule has 176 valence electrons. The van der Waals surface area contributed by atoms with Crippen LogP contribution in [0.4, 0.5) is 11.4 Å². The van der Waals surface area contributed by atoms with Crippen molar-refractivity contribution in [3.8, 4) is 6.07 Å². The molecule has 10 heteroatoms. The van der Waals surface area contributed by atoms with Gasteiger partial charge in [-0.3, -0.25) is 23.9 Å². The summed E-state index contributed by atoms with van der Waals surface area (Å²) in [6.45, 7) is 7.46. The maximum Gasteiger partial charge on any atom is 0.270 e. The highest BCUT2D eigenvalue weighted by molar-refractivity contribution is 7.07. The van der Waals surface area contributed by atoms with Crippen molar-refractivity contribution >= 4 is 46.3 Å². The van der Waals surface area contributed by atoms with Gasteiger partial charge in [0, 0.05) is 30.7 Å². The number of nitrogens with zero attached hydrogens (tertiary/aromatic N) is 3. The minimum Gasteiger partial charge on any atom is -0.360 e. The van der Waals surface area contributed by atoms with E-state index in [0.717, 1.165) is 24.3 Å². The second-order valence-corrected chi connectivity index (χ2v) is 8.35. The maximum atomic E-state index is 12.8. The number of likely N-dealkylation sites (N-methyl/N-ethyl adjacent to an activating group) is 1. The lowest BCUT2D eigenvalue weighted by Crippen LogP contribution is -2.34. The lowest BCUT2D eigenvalue weighted by molar-refractivity contribution is -0.117. The van der Waals surface area contributed by atoms with E-state index in [0.29, 0.717) is 40.2 Å². The predicted molar refractivity (Wildman–Crippen MR) is 132 cm³/mol. The molecule has 0 aliphatic heterocycles. The summed E-state index contributed by atoms with van der Waals surface area (Å²) in [6.07, 6.45) is 2.52. The van der Waals surface area contributed by atoms with Crippen molar-refractivity contribution < 1.29 is 9.59 Å². The molecule has 1 heterocycles. The van der Waals surface area contributed by atoms with Gasteiger partial charge >= 0.3 is 0 Å². The first kappa shape index (κ1) is 25.8. The molecule has 0 spiro atoms. The highest BCUT2D eigenvalue weighted by atomic mass is 32.1. The SMILES string of the molecule is CCCN(C)CC(=O)Nc1cccc(N/C=c2/s/c(=C(/C#N)C(=O)NCC)n(CC)c2=O)c1. The van der Waals surface area contributed by atoms with Gasteiger partial charge in [-0.1, -0.05) is 13.0 Å². The third-order valence-corrected chi connectivity index (χ3v) is 5.78. The topological polar surface area (TPSA) is 119 Å². The molecule has 0 atom stereocenters. The Morgan fingerprint density at radius 3 is 2.61 bits per heavy atom. The van der Waals surface area contributed by atoms with E-state index in [-0.39, 0.29) is 17.0 Å². The summed E-state index contributed by atoms with van der Waals surface area (Å²) in [6, 6.07) is 9.07. The Morgan fingerprint density at radius 1 is 1.24 bits per heavy atom. The molecule has 3 N–H and O–H groups in total. The van der Waals surface area contributed by atoms with Gasteiger partial charge in [-0.05, 0) is 52.1 Å². The number of aromatic nitrogens is 1. The summed E-state index contributed by atoms with van der Waals surface area (Å²) >= 11 is 1.08. The summed E-state index contributed by atoms with van der Waals surface area (Å²) in [7, 11) is 1.90. The molecule has 0 aliphatic carbocycles. The Balaban J connectivity index is 2.30. The molecule has 2 amide bonds. The average molecular weight is 471 g/mol. The van der Waals surface area contributed by atoms with Gasteiger partial charge in [0.15, 0.2) is 5.57 Å². The van der Waals surface area contributed by atoms with Crippen LogP contribution in [0.2, 0.25) is 0 Å². The molecule has 2 aromatic rings. The molecule has 0 saturated heterocycles. The first-order valence-corrected chi connectivity index (χ1v) is 11.6. The maximum absolute atomic E-state index is 12.8. The number of anilines is 2. The number of carbonyl (C=O) groups excluding carboxylic acids is 2. The van der Waals surface area contributed by atoms with Crippen molar-refractivity contribution in [2.75, 3.05) is 37.3 Å². The van der Waals surface area contributed by atoms with E-state index >= 15 is 0 Å². The monoisotopic (exact) mass is 470 g/mol. The molecule has 1 aromatic heterocycles. The van der Waals surface area contributed by atoms with Crippen molar-refractivity contribution in [3.05, 3.63) is 43.8 Å². The largest absolute Gasteiger partial charge is 0.360 e. The molecule has 2 rings (SSSR count). The van der Waals surface area contributed by atoms with Crippen LogP contribution in [0.5, 0.6) is 0 Å². The van der Waals surface area contributed by atoms with Crippen LogP contribution in [-0.4, -0.2) is 48.0 Å². The lowest BCUT2D eigenvalue weighted by Gasteiger charge is -2.15. The van der Waals surface area contributed by atoms with Crippen molar-refractivity contribution in [3.63, 3.8) is 0 Å². The van der Waals surface area contributed by atoms with Crippen LogP contribution in [0, 0.1) is 11.3 Å². The highest BCUT2D eigenvalue weighted by Crippen LogP contribution is 2.15. The summed E-state index contributed by atoms with van der Waals surface area (Å²) in [5.41, 5.74) is 0.946. The van der Waals surface area contributed by atoms with Gasteiger partial charge in [-0.25, -0.2) is 0 Å². The summed E-state index contributed by atoms with van der Waals surface area (Å²) in [5, 5.41) is 18.0. The van der Waals surface area contributed by atoms with Crippen LogP contribution in [0.25, 0.3) is 11.8 Å². The van der Waals surface area contributed by atoms with E-state index in [2.05, 4.69) is 22.9 Å². The molecule has 0 fully saturated rings. The number of hydrogen-bond donors (Lipinski definition) is 3. The number of nitriles is 1. The first-order valence-electron chi connectivity index (χ1n) is 10.8. The Kier molecular flexibility index (Phi) is 9.84. The summed E-state index contributed by atoms with van der Waals surface area (Å²) in [5.74, 6) is -0.610. The molecule has 9 nitrogen and oxygen atoms in total. The van der Waals surface area contributed by atoms with Crippen LogP contribution >= 0.6 is 11.3 Å². The Bertz CT molecular complexity index is 1210. The molecule has 0 radical (unpaired) electrons. The molecular formula is C23H30N6O3S. The molecule has 0 bridgehead atoms. The zero-order valence-corrected chi connectivity index (χ0v) is 20.2. The van der Waals surface area contributed by atoms with Crippen LogP contribution < -0.4 is 30.7 Å². The molecule has 1 aromatic carbocycles. The molecule has 33 heavy (non-hydrogen) atoms. The minimum atomic E-state index is -0.504. The van der Waals surface area contributed by atoms with Crippen LogP contribution in [0.1, 0.15) is 27.2 Å². The van der Waals surface area contributed by atoms with E-state index in [1.165, 1.54) is 4.57 Å². The van der Waals surface area contributed by atoms with E-state index in [1.807, 2.05) is 24.1 Å². The van der Waals surface area contributed by atoms with Crippen molar-refractivity contribution in [2.24, 2.45) is 0 Å². The van der Waals surface area contributed by atoms with Crippen molar-refractivity contribution in [1.29, 1.82) is 5.26 Å². The zero-order valence-electron chi connectivity index (χ0n) is 19.4. The number of carbonyl (C=O) groups is 2. The number of amides is 2. The van der Waals surface area contributed by atoms with E-state index in [4.69, 9.17) is 0 Å². The smallest absolute Gasteiger partial charge is 0.270 e. The molecule has 0 aliphatic rings. The van der Waals surface area contributed by atoms with Gasteiger partial charge in [0.05, 0.1) is 6.54 Å². The average Bonchev–Trinajstić information content (AvgIpc) is 3.08.